The van der Waals surface area contributed by atoms with Gasteiger partial charge in [0, 0.05) is 6.42 Å². The van der Waals surface area contributed by atoms with Gasteiger partial charge in [-0.05, 0) is 5.56 Å². The van der Waals surface area contributed by atoms with Gasteiger partial charge in [-0.15, -0.1) is 0 Å². The van der Waals surface area contributed by atoms with Crippen molar-refractivity contribution in [3.05, 3.63) is 35.9 Å². The molecular formula is C10H10N2O2. The van der Waals surface area contributed by atoms with Crippen LogP contribution in [0.4, 0.5) is 0 Å². The molecule has 0 aliphatic carbocycles. The van der Waals surface area contributed by atoms with Gasteiger partial charge in [-0.25, -0.2) is 0 Å². The molecule has 1 aromatic rings. The second kappa shape index (κ2) is 3.49. The lowest BCUT2D eigenvalue weighted by Crippen LogP contribution is -2.28. The molecule has 1 amide bonds. The van der Waals surface area contributed by atoms with Gasteiger partial charge in [0.1, 0.15) is 0 Å². The Morgan fingerprint density at radius 3 is 2.71 bits per heavy atom. The predicted molar refractivity (Wildman–Crippen MR) is 51.7 cm³/mol. The van der Waals surface area contributed by atoms with Crippen molar-refractivity contribution in [3.8, 4) is 0 Å². The molecule has 1 atom stereocenters. The number of nitrogens with two attached hydrogens (primary N) is 1. The first kappa shape index (κ1) is 8.74. The molecule has 1 aromatic carbocycles. The van der Waals surface area contributed by atoms with E-state index >= 15 is 0 Å². The van der Waals surface area contributed by atoms with Crippen LogP contribution in [-0.2, 0) is 9.63 Å². The molecule has 0 spiro atoms. The molecule has 0 radical (unpaired) electrons. The third-order valence-corrected chi connectivity index (χ3v) is 2.09. The smallest absolute Gasteiger partial charge is 0.261 e. The lowest BCUT2D eigenvalue weighted by molar-refractivity contribution is -0.127. The summed E-state index contributed by atoms with van der Waals surface area (Å²) in [5, 5.41) is 3.82. The molecule has 1 heterocycles. The number of carbonyl (C=O) groups excluding carboxylic acids is 1. The summed E-state index contributed by atoms with van der Waals surface area (Å²) in [5.41, 5.74) is 6.84. The highest BCUT2D eigenvalue weighted by molar-refractivity contribution is 6.03. The Kier molecular flexibility index (Phi) is 2.18. The van der Waals surface area contributed by atoms with Gasteiger partial charge >= 0.3 is 0 Å². The molecule has 0 fully saturated rings. The third-order valence-electron chi connectivity index (χ3n) is 2.09. The van der Waals surface area contributed by atoms with E-state index in [-0.39, 0.29) is 0 Å². The fourth-order valence-corrected chi connectivity index (χ4v) is 1.33. The summed E-state index contributed by atoms with van der Waals surface area (Å²) in [6.45, 7) is 0. The maximum Gasteiger partial charge on any atom is 0.261 e. The topological polar surface area (TPSA) is 64.7 Å². The van der Waals surface area contributed by atoms with Crippen LogP contribution < -0.4 is 5.73 Å². The average molecular weight is 190 g/mol. The lowest BCUT2D eigenvalue weighted by Gasteiger charge is -2.00. The van der Waals surface area contributed by atoms with Gasteiger partial charge < -0.3 is 10.6 Å². The number of amides is 1. The van der Waals surface area contributed by atoms with Crippen LogP contribution in [0.15, 0.2) is 35.5 Å². The molecule has 2 rings (SSSR count). The third kappa shape index (κ3) is 1.59. The maximum absolute atomic E-state index is 10.8. The van der Waals surface area contributed by atoms with Crippen molar-refractivity contribution in [2.45, 2.75) is 12.5 Å². The first-order valence-corrected chi connectivity index (χ1v) is 4.35. The zero-order chi connectivity index (χ0) is 9.97. The van der Waals surface area contributed by atoms with Crippen molar-refractivity contribution in [2.24, 2.45) is 10.9 Å². The monoisotopic (exact) mass is 190 g/mol. The lowest BCUT2D eigenvalue weighted by atomic mass is 10.1. The van der Waals surface area contributed by atoms with Crippen LogP contribution in [0.3, 0.4) is 0 Å². The van der Waals surface area contributed by atoms with Crippen molar-refractivity contribution in [1.82, 2.24) is 0 Å². The molecule has 4 nitrogen and oxygen atoms in total. The van der Waals surface area contributed by atoms with Crippen LogP contribution >= 0.6 is 0 Å². The molecule has 2 N–H and O–H groups in total. The zero-order valence-corrected chi connectivity index (χ0v) is 7.51. The molecule has 0 bridgehead atoms. The van der Waals surface area contributed by atoms with Crippen molar-refractivity contribution < 1.29 is 9.63 Å². The van der Waals surface area contributed by atoms with Gasteiger partial charge in [0.15, 0.2) is 0 Å². The van der Waals surface area contributed by atoms with E-state index < -0.39 is 12.0 Å². The molecule has 72 valence electrons. The van der Waals surface area contributed by atoms with Crippen LogP contribution in [0.1, 0.15) is 12.0 Å². The number of carbonyl (C=O) groups is 1. The molecule has 0 saturated carbocycles. The van der Waals surface area contributed by atoms with Crippen LogP contribution in [0.5, 0.6) is 0 Å². The van der Waals surface area contributed by atoms with Crippen LogP contribution in [0.25, 0.3) is 0 Å². The van der Waals surface area contributed by atoms with E-state index in [1.807, 2.05) is 30.3 Å². The fraction of sp³-hybridized carbons (Fsp3) is 0.200. The van der Waals surface area contributed by atoms with E-state index in [4.69, 9.17) is 10.6 Å². The molecule has 0 unspecified atom stereocenters. The quantitative estimate of drug-likeness (QED) is 0.744. The van der Waals surface area contributed by atoms with Gasteiger partial charge in [-0.1, -0.05) is 35.5 Å². The second-order valence-corrected chi connectivity index (χ2v) is 3.10. The first-order valence-electron chi connectivity index (χ1n) is 4.35. The Bertz CT molecular complexity index is 373. The highest BCUT2D eigenvalue weighted by Crippen LogP contribution is 2.15. The predicted octanol–water partition coefficient (Wildman–Crippen LogP) is 0.665. The van der Waals surface area contributed by atoms with Crippen LogP contribution in [0.2, 0.25) is 0 Å². The van der Waals surface area contributed by atoms with Gasteiger partial charge in [0.2, 0.25) is 6.10 Å². The number of nitrogens with zero attached hydrogens (tertiary/aromatic N) is 1. The summed E-state index contributed by atoms with van der Waals surface area (Å²) < 4.78 is 0. The number of rotatable bonds is 2. The Morgan fingerprint density at radius 2 is 2.14 bits per heavy atom. The molecule has 1 aliphatic rings. The number of oxime groups is 1. The van der Waals surface area contributed by atoms with E-state index in [2.05, 4.69) is 5.16 Å². The summed E-state index contributed by atoms with van der Waals surface area (Å²) in [7, 11) is 0. The molecule has 14 heavy (non-hydrogen) atoms. The summed E-state index contributed by atoms with van der Waals surface area (Å²) in [6, 6.07) is 9.59. The average Bonchev–Trinajstić information content (AvgIpc) is 2.68. The van der Waals surface area contributed by atoms with E-state index in [0.29, 0.717) is 6.42 Å². The standard InChI is InChI=1S/C10H10N2O2/c11-10(13)9-6-8(12-14-9)7-4-2-1-3-5-7/h1-5,9H,6H2,(H2,11,13)/t9-/m0/s1. The van der Waals surface area contributed by atoms with Gasteiger partial charge in [-0.2, -0.15) is 0 Å². The van der Waals surface area contributed by atoms with Gasteiger partial charge in [0.25, 0.3) is 5.91 Å². The molecular weight excluding hydrogens is 180 g/mol. The summed E-state index contributed by atoms with van der Waals surface area (Å²) in [4.78, 5) is 15.7. The fourth-order valence-electron chi connectivity index (χ4n) is 1.33. The number of primary amides is 1. The second-order valence-electron chi connectivity index (χ2n) is 3.10. The summed E-state index contributed by atoms with van der Waals surface area (Å²) in [6.07, 6.45) is -0.149. The van der Waals surface area contributed by atoms with Crippen molar-refractivity contribution >= 4 is 11.6 Å². The molecule has 1 aliphatic heterocycles. The van der Waals surface area contributed by atoms with E-state index in [9.17, 15) is 4.79 Å². The van der Waals surface area contributed by atoms with E-state index in [0.717, 1.165) is 11.3 Å². The Hall–Kier alpha value is -1.84. The molecule has 4 heteroatoms. The normalized spacial score (nSPS) is 20.0. The maximum atomic E-state index is 10.8. The SMILES string of the molecule is NC(=O)[C@@H]1CC(c2ccccc2)=NO1. The van der Waals surface area contributed by atoms with Crippen molar-refractivity contribution in [3.63, 3.8) is 0 Å². The first-order chi connectivity index (χ1) is 6.77. The minimum Gasteiger partial charge on any atom is -0.382 e. The van der Waals surface area contributed by atoms with Crippen molar-refractivity contribution in [2.75, 3.05) is 0 Å². The van der Waals surface area contributed by atoms with Gasteiger partial charge in [0.05, 0.1) is 5.71 Å². The van der Waals surface area contributed by atoms with Crippen molar-refractivity contribution in [1.29, 1.82) is 0 Å². The number of hydrogen-bond acceptors (Lipinski definition) is 3. The minimum atomic E-state index is -0.606. The Labute approximate surface area is 81.3 Å². The van der Waals surface area contributed by atoms with Crippen LogP contribution in [0, 0.1) is 0 Å². The highest BCUT2D eigenvalue weighted by atomic mass is 16.6. The Balaban J connectivity index is 2.13. The Morgan fingerprint density at radius 1 is 1.43 bits per heavy atom. The largest absolute Gasteiger partial charge is 0.382 e. The molecule has 0 aromatic heterocycles. The van der Waals surface area contributed by atoms with E-state index in [1.165, 1.54) is 0 Å². The number of benzene rings is 1. The molecule has 0 saturated heterocycles. The highest BCUT2D eigenvalue weighted by Gasteiger charge is 2.26. The van der Waals surface area contributed by atoms with Gasteiger partial charge in [-0.3, -0.25) is 4.79 Å². The summed E-state index contributed by atoms with van der Waals surface area (Å²) >= 11 is 0. The zero-order valence-electron chi connectivity index (χ0n) is 7.51. The van der Waals surface area contributed by atoms with Crippen LogP contribution in [-0.4, -0.2) is 17.7 Å². The summed E-state index contributed by atoms with van der Waals surface area (Å²) in [5.74, 6) is -0.473. The van der Waals surface area contributed by atoms with E-state index in [1.54, 1.807) is 0 Å². The minimum absolute atomic E-state index is 0.458. The number of hydrogen-bond donors (Lipinski definition) is 1.